The lowest BCUT2D eigenvalue weighted by atomic mass is 10.2. The summed E-state index contributed by atoms with van der Waals surface area (Å²) in [6, 6.07) is 5.30. The number of aryl methyl sites for hydroxylation is 2. The second-order valence-corrected chi connectivity index (χ2v) is 6.60. The number of pyridine rings is 1. The molecule has 0 saturated carbocycles. The number of fused-ring (bicyclic) bond motifs is 1. The van der Waals surface area contributed by atoms with Crippen molar-refractivity contribution in [2.45, 2.75) is 32.4 Å². The molecule has 0 aliphatic carbocycles. The smallest absolute Gasteiger partial charge is 0.303 e. The highest BCUT2D eigenvalue weighted by Gasteiger charge is 2.22. The molecule has 0 saturated heterocycles. The lowest BCUT2D eigenvalue weighted by Gasteiger charge is -2.20. The van der Waals surface area contributed by atoms with Crippen LogP contribution in [-0.4, -0.2) is 58.0 Å². The number of amides is 1. The molecule has 0 atom stereocenters. The molecular formula is C18H19N7O3. The van der Waals surface area contributed by atoms with Crippen LogP contribution in [0.2, 0.25) is 0 Å². The van der Waals surface area contributed by atoms with Gasteiger partial charge in [0.2, 0.25) is 0 Å². The van der Waals surface area contributed by atoms with Crippen LogP contribution in [0.3, 0.4) is 0 Å². The molecule has 0 fully saturated rings. The fourth-order valence-electron chi connectivity index (χ4n) is 3.25. The van der Waals surface area contributed by atoms with Crippen molar-refractivity contribution in [3.63, 3.8) is 0 Å². The van der Waals surface area contributed by atoms with E-state index in [1.165, 1.54) is 12.7 Å². The normalized spacial score (nSPS) is 13.8. The van der Waals surface area contributed by atoms with Crippen molar-refractivity contribution in [3.05, 3.63) is 54.0 Å². The van der Waals surface area contributed by atoms with Crippen molar-refractivity contribution < 1.29 is 14.7 Å². The van der Waals surface area contributed by atoms with Gasteiger partial charge in [-0.1, -0.05) is 0 Å². The highest BCUT2D eigenvalue weighted by atomic mass is 16.4. The van der Waals surface area contributed by atoms with Gasteiger partial charge < -0.3 is 10.0 Å². The molecule has 4 rings (SSSR count). The van der Waals surface area contributed by atoms with E-state index >= 15 is 0 Å². The predicted octanol–water partition coefficient (Wildman–Crippen LogP) is 0.922. The highest BCUT2D eigenvalue weighted by molar-refractivity contribution is 5.94. The molecular weight excluding hydrogens is 362 g/mol. The van der Waals surface area contributed by atoms with Crippen LogP contribution < -0.4 is 0 Å². The number of carboxylic acids is 1. The van der Waals surface area contributed by atoms with Crippen LogP contribution in [0.1, 0.15) is 34.6 Å². The van der Waals surface area contributed by atoms with Gasteiger partial charge >= 0.3 is 5.97 Å². The van der Waals surface area contributed by atoms with Crippen molar-refractivity contribution in [2.75, 3.05) is 6.54 Å². The number of aromatic nitrogens is 6. The van der Waals surface area contributed by atoms with Crippen molar-refractivity contribution in [2.24, 2.45) is 0 Å². The van der Waals surface area contributed by atoms with Gasteiger partial charge in [-0.05, 0) is 24.6 Å². The molecule has 1 aliphatic rings. The van der Waals surface area contributed by atoms with E-state index in [1.807, 2.05) is 10.7 Å². The molecule has 10 nitrogen and oxygen atoms in total. The molecule has 1 N–H and O–H groups in total. The van der Waals surface area contributed by atoms with Gasteiger partial charge in [-0.3, -0.25) is 18.8 Å². The van der Waals surface area contributed by atoms with Gasteiger partial charge in [0, 0.05) is 31.3 Å². The summed E-state index contributed by atoms with van der Waals surface area (Å²) >= 11 is 0. The topological polar surface area (TPSA) is 119 Å². The van der Waals surface area contributed by atoms with Crippen molar-refractivity contribution >= 4 is 11.9 Å². The first-order valence-electron chi connectivity index (χ1n) is 8.98. The lowest BCUT2D eigenvalue weighted by Crippen LogP contribution is -2.30. The molecule has 3 aromatic rings. The molecule has 1 aliphatic heterocycles. The Balaban J connectivity index is 1.52. The number of carbonyl (C=O) groups excluding carboxylic acids is 1. The van der Waals surface area contributed by atoms with Crippen LogP contribution in [-0.2, 0) is 24.3 Å². The Hall–Kier alpha value is -3.56. The van der Waals surface area contributed by atoms with Gasteiger partial charge in [-0.15, -0.1) is 10.2 Å². The number of carboxylic acid groups (broad SMARTS) is 1. The van der Waals surface area contributed by atoms with Gasteiger partial charge in [0.05, 0.1) is 24.4 Å². The summed E-state index contributed by atoms with van der Waals surface area (Å²) < 4.78 is 3.52. The molecule has 1 amide bonds. The number of hydrogen-bond acceptors (Lipinski definition) is 6. The third-order valence-corrected chi connectivity index (χ3v) is 4.62. The van der Waals surface area contributed by atoms with Gasteiger partial charge in [0.1, 0.15) is 18.5 Å². The van der Waals surface area contributed by atoms with E-state index in [-0.39, 0.29) is 12.3 Å². The molecule has 10 heteroatoms. The first kappa shape index (κ1) is 17.8. The summed E-state index contributed by atoms with van der Waals surface area (Å²) in [5.41, 5.74) is 2.20. The summed E-state index contributed by atoms with van der Waals surface area (Å²) in [4.78, 5) is 29.9. The monoisotopic (exact) mass is 381 g/mol. The average molecular weight is 381 g/mol. The van der Waals surface area contributed by atoms with Gasteiger partial charge in [0.15, 0.2) is 0 Å². The maximum atomic E-state index is 13.1. The minimum atomic E-state index is -0.846. The van der Waals surface area contributed by atoms with Crippen LogP contribution in [0.4, 0.5) is 0 Å². The van der Waals surface area contributed by atoms with Crippen LogP contribution in [0.5, 0.6) is 0 Å². The van der Waals surface area contributed by atoms with E-state index in [0.717, 1.165) is 17.8 Å². The zero-order valence-electron chi connectivity index (χ0n) is 15.1. The van der Waals surface area contributed by atoms with Crippen molar-refractivity contribution in [3.8, 4) is 5.82 Å². The maximum Gasteiger partial charge on any atom is 0.303 e. The number of rotatable bonds is 5. The molecule has 28 heavy (non-hydrogen) atoms. The second-order valence-electron chi connectivity index (χ2n) is 6.60. The second kappa shape index (κ2) is 7.59. The van der Waals surface area contributed by atoms with Gasteiger partial charge in [-0.2, -0.15) is 5.10 Å². The van der Waals surface area contributed by atoms with Gasteiger partial charge in [0.25, 0.3) is 5.91 Å². The standard InChI is InChI=1S/C18H19N7O3/c26-17(27)3-2-14-9-15-10-23(6-1-7-25(15)22-14)18(28)13-4-5-19-16(8-13)24-11-20-21-12-24/h4-5,8-9,11-12H,1-3,6-7,10H2,(H,26,27). The Bertz CT molecular complexity index is 997. The molecule has 4 heterocycles. The Morgan fingerprint density at radius 2 is 1.96 bits per heavy atom. The van der Waals surface area contributed by atoms with E-state index in [0.29, 0.717) is 37.4 Å². The average Bonchev–Trinajstić information content (AvgIpc) is 3.32. The number of carbonyl (C=O) groups is 2. The summed E-state index contributed by atoms with van der Waals surface area (Å²) in [5, 5.41) is 20.9. The first-order chi connectivity index (χ1) is 13.6. The van der Waals surface area contributed by atoms with Crippen molar-refractivity contribution in [1.29, 1.82) is 0 Å². The summed E-state index contributed by atoms with van der Waals surface area (Å²) in [6.45, 7) is 1.76. The zero-order valence-corrected chi connectivity index (χ0v) is 15.1. The van der Waals surface area contributed by atoms with Crippen LogP contribution in [0.25, 0.3) is 5.82 Å². The molecule has 0 aromatic carbocycles. The van der Waals surface area contributed by atoms with Crippen LogP contribution in [0.15, 0.2) is 37.1 Å². The van der Waals surface area contributed by atoms with Gasteiger partial charge in [-0.25, -0.2) is 4.98 Å². The van der Waals surface area contributed by atoms with E-state index < -0.39 is 5.97 Å². The molecule has 0 spiro atoms. The summed E-state index contributed by atoms with van der Waals surface area (Å²) in [5.74, 6) is -0.355. The lowest BCUT2D eigenvalue weighted by molar-refractivity contribution is -0.136. The van der Waals surface area contributed by atoms with Crippen molar-refractivity contribution in [1.82, 2.24) is 34.4 Å². The summed E-state index contributed by atoms with van der Waals surface area (Å²) in [7, 11) is 0. The Morgan fingerprint density at radius 1 is 1.14 bits per heavy atom. The maximum absolute atomic E-state index is 13.1. The van der Waals surface area contributed by atoms with E-state index in [1.54, 1.807) is 27.8 Å². The minimum Gasteiger partial charge on any atom is -0.481 e. The fourth-order valence-corrected chi connectivity index (χ4v) is 3.25. The number of nitrogens with zero attached hydrogens (tertiary/aromatic N) is 7. The quantitative estimate of drug-likeness (QED) is 0.698. The Morgan fingerprint density at radius 3 is 2.75 bits per heavy atom. The zero-order chi connectivity index (χ0) is 19.5. The first-order valence-corrected chi connectivity index (χ1v) is 8.98. The van der Waals surface area contributed by atoms with E-state index in [9.17, 15) is 9.59 Å². The summed E-state index contributed by atoms with van der Waals surface area (Å²) in [6.07, 6.45) is 5.86. The SMILES string of the molecule is O=C(O)CCc1cc2n(n1)CCCN(C(=O)c1ccnc(-n3cnnc3)c1)C2. The fraction of sp³-hybridized carbons (Fsp3) is 0.333. The molecule has 144 valence electrons. The number of aliphatic carboxylic acids is 1. The van der Waals surface area contributed by atoms with Crippen LogP contribution in [0, 0.1) is 0 Å². The number of hydrogen-bond donors (Lipinski definition) is 1. The van der Waals surface area contributed by atoms with Crippen LogP contribution >= 0.6 is 0 Å². The largest absolute Gasteiger partial charge is 0.481 e. The molecule has 0 unspecified atom stereocenters. The molecule has 0 bridgehead atoms. The van der Waals surface area contributed by atoms with E-state index in [4.69, 9.17) is 5.11 Å². The third kappa shape index (κ3) is 3.75. The highest BCUT2D eigenvalue weighted by Crippen LogP contribution is 2.18. The predicted molar refractivity (Wildman–Crippen MR) is 96.7 cm³/mol. The molecule has 0 radical (unpaired) electrons. The minimum absolute atomic E-state index is 0.0436. The van der Waals surface area contributed by atoms with E-state index in [2.05, 4.69) is 20.3 Å². The molecule has 3 aromatic heterocycles. The Kier molecular flexibility index (Phi) is 4.83. The third-order valence-electron chi connectivity index (χ3n) is 4.62. The Labute approximate surface area is 160 Å².